The molecule has 0 amide bonds. The molecule has 0 saturated heterocycles. The first kappa shape index (κ1) is 12.1. The number of hydrogen-bond acceptors (Lipinski definition) is 3. The summed E-state index contributed by atoms with van der Waals surface area (Å²) < 4.78 is 5.11. The van der Waals surface area contributed by atoms with Crippen LogP contribution in [0.15, 0.2) is 0 Å². The van der Waals surface area contributed by atoms with E-state index in [2.05, 4.69) is 11.2 Å². The summed E-state index contributed by atoms with van der Waals surface area (Å²) >= 11 is 0. The first-order valence-electron chi connectivity index (χ1n) is 5.61. The van der Waals surface area contributed by atoms with Gasteiger partial charge in [0.1, 0.15) is 5.54 Å². The van der Waals surface area contributed by atoms with Gasteiger partial charge in [-0.05, 0) is 19.8 Å². The van der Waals surface area contributed by atoms with Crippen molar-refractivity contribution < 1.29 is 9.53 Å². The zero-order valence-corrected chi connectivity index (χ0v) is 9.34. The third kappa shape index (κ3) is 2.97. The smallest absolute Gasteiger partial charge is 0.326 e. The zero-order valence-electron chi connectivity index (χ0n) is 9.34. The molecule has 3 heteroatoms. The fourth-order valence-corrected chi connectivity index (χ4v) is 2.10. The summed E-state index contributed by atoms with van der Waals surface area (Å²) in [6.07, 6.45) is 10.2. The molecule has 0 bridgehead atoms. The molecule has 0 aliphatic heterocycles. The van der Waals surface area contributed by atoms with Crippen molar-refractivity contribution in [3.05, 3.63) is 0 Å². The van der Waals surface area contributed by atoms with E-state index in [0.717, 1.165) is 25.7 Å². The Balaban J connectivity index is 2.66. The van der Waals surface area contributed by atoms with Gasteiger partial charge in [-0.1, -0.05) is 25.2 Å². The number of terminal acetylenes is 1. The number of hydrogen-bond donors (Lipinski definition) is 1. The summed E-state index contributed by atoms with van der Waals surface area (Å²) in [5.41, 5.74) is -0.513. The molecule has 0 spiro atoms. The van der Waals surface area contributed by atoms with Gasteiger partial charge in [0.05, 0.1) is 13.2 Å². The minimum absolute atomic E-state index is 0.139. The molecule has 1 rings (SSSR count). The van der Waals surface area contributed by atoms with Crippen LogP contribution in [-0.4, -0.2) is 24.7 Å². The molecule has 0 heterocycles. The molecular weight excluding hydrogens is 190 g/mol. The molecule has 0 atom stereocenters. The second-order valence-electron chi connectivity index (χ2n) is 3.92. The number of rotatable bonds is 4. The summed E-state index contributed by atoms with van der Waals surface area (Å²) in [5.74, 6) is 2.38. The molecule has 0 aromatic heterocycles. The van der Waals surface area contributed by atoms with Crippen molar-refractivity contribution in [1.29, 1.82) is 0 Å². The molecule has 1 aliphatic carbocycles. The number of nitrogens with one attached hydrogen (secondary N) is 1. The van der Waals surface area contributed by atoms with E-state index < -0.39 is 5.54 Å². The lowest BCUT2D eigenvalue weighted by Gasteiger charge is -2.35. The van der Waals surface area contributed by atoms with Gasteiger partial charge < -0.3 is 4.74 Å². The van der Waals surface area contributed by atoms with E-state index in [0.29, 0.717) is 13.2 Å². The number of carbonyl (C=O) groups excluding carboxylic acids is 1. The average Bonchev–Trinajstić information content (AvgIpc) is 2.28. The van der Waals surface area contributed by atoms with Crippen molar-refractivity contribution in [2.75, 3.05) is 13.2 Å². The summed E-state index contributed by atoms with van der Waals surface area (Å²) in [5, 5.41) is 3.16. The van der Waals surface area contributed by atoms with Crippen LogP contribution in [-0.2, 0) is 9.53 Å². The molecule has 0 unspecified atom stereocenters. The highest BCUT2D eigenvalue weighted by molar-refractivity contribution is 5.81. The first-order valence-corrected chi connectivity index (χ1v) is 5.61. The van der Waals surface area contributed by atoms with E-state index in [4.69, 9.17) is 11.2 Å². The van der Waals surface area contributed by atoms with Crippen LogP contribution >= 0.6 is 0 Å². The molecule has 1 saturated carbocycles. The third-order valence-corrected chi connectivity index (χ3v) is 2.90. The Morgan fingerprint density at radius 1 is 1.47 bits per heavy atom. The van der Waals surface area contributed by atoms with Gasteiger partial charge in [0, 0.05) is 0 Å². The monoisotopic (exact) mass is 209 g/mol. The SMILES string of the molecule is C#CCNC1(C(=O)OCC)CCCCC1. The van der Waals surface area contributed by atoms with E-state index in [1.165, 1.54) is 6.42 Å². The molecule has 84 valence electrons. The van der Waals surface area contributed by atoms with Crippen LogP contribution in [0.1, 0.15) is 39.0 Å². The van der Waals surface area contributed by atoms with Gasteiger partial charge in [-0.3, -0.25) is 10.1 Å². The summed E-state index contributed by atoms with van der Waals surface area (Å²) in [6.45, 7) is 2.69. The van der Waals surface area contributed by atoms with Crippen LogP contribution in [0, 0.1) is 12.3 Å². The van der Waals surface area contributed by atoms with Gasteiger partial charge in [-0.25, -0.2) is 0 Å². The second kappa shape index (κ2) is 5.77. The van der Waals surface area contributed by atoms with Crippen LogP contribution < -0.4 is 5.32 Å². The standard InChI is InChI=1S/C12H19NO2/c1-3-10-13-12(11(14)15-4-2)8-6-5-7-9-12/h1,13H,4-10H2,2H3. The number of carbonyl (C=O) groups is 1. The highest BCUT2D eigenvalue weighted by Crippen LogP contribution is 2.29. The molecular formula is C12H19NO2. The van der Waals surface area contributed by atoms with Crippen molar-refractivity contribution in [2.24, 2.45) is 0 Å². The number of esters is 1. The first-order chi connectivity index (χ1) is 7.25. The molecule has 0 aromatic rings. The van der Waals surface area contributed by atoms with E-state index in [-0.39, 0.29) is 5.97 Å². The van der Waals surface area contributed by atoms with Gasteiger partial charge in [0.2, 0.25) is 0 Å². The fraction of sp³-hybridized carbons (Fsp3) is 0.750. The normalized spacial score (nSPS) is 19.2. The second-order valence-corrected chi connectivity index (χ2v) is 3.92. The molecule has 15 heavy (non-hydrogen) atoms. The minimum Gasteiger partial charge on any atom is -0.465 e. The van der Waals surface area contributed by atoms with E-state index in [1.54, 1.807) is 0 Å². The van der Waals surface area contributed by atoms with Gasteiger partial charge in [0.15, 0.2) is 0 Å². The average molecular weight is 209 g/mol. The van der Waals surface area contributed by atoms with Crippen molar-refractivity contribution in [3.63, 3.8) is 0 Å². The van der Waals surface area contributed by atoms with Crippen LogP contribution in [0.4, 0.5) is 0 Å². The van der Waals surface area contributed by atoms with Gasteiger partial charge in [-0.15, -0.1) is 6.42 Å². The van der Waals surface area contributed by atoms with E-state index in [9.17, 15) is 4.79 Å². The Hall–Kier alpha value is -1.01. The topological polar surface area (TPSA) is 38.3 Å². The lowest BCUT2D eigenvalue weighted by atomic mass is 9.81. The van der Waals surface area contributed by atoms with Crippen LogP contribution in [0.5, 0.6) is 0 Å². The maximum Gasteiger partial charge on any atom is 0.326 e. The largest absolute Gasteiger partial charge is 0.465 e. The van der Waals surface area contributed by atoms with Crippen LogP contribution in [0.3, 0.4) is 0 Å². The lowest BCUT2D eigenvalue weighted by Crippen LogP contribution is -2.54. The fourth-order valence-electron chi connectivity index (χ4n) is 2.10. The van der Waals surface area contributed by atoms with E-state index in [1.807, 2.05) is 6.92 Å². The highest BCUT2D eigenvalue weighted by Gasteiger charge is 2.40. The summed E-state index contributed by atoms with van der Waals surface area (Å²) in [7, 11) is 0. The summed E-state index contributed by atoms with van der Waals surface area (Å²) in [6, 6.07) is 0. The van der Waals surface area contributed by atoms with Gasteiger partial charge in [0.25, 0.3) is 0 Å². The Kier molecular flexibility index (Phi) is 4.64. The van der Waals surface area contributed by atoms with Gasteiger partial charge >= 0.3 is 5.97 Å². The van der Waals surface area contributed by atoms with E-state index >= 15 is 0 Å². The molecule has 0 aromatic carbocycles. The van der Waals surface area contributed by atoms with Crippen molar-refractivity contribution in [2.45, 2.75) is 44.6 Å². The Labute approximate surface area is 91.6 Å². The predicted octanol–water partition coefficient (Wildman–Crippen LogP) is 1.48. The maximum atomic E-state index is 11.9. The Morgan fingerprint density at radius 2 is 2.13 bits per heavy atom. The van der Waals surface area contributed by atoms with Crippen LogP contribution in [0.2, 0.25) is 0 Å². The predicted molar refractivity (Wildman–Crippen MR) is 59.3 cm³/mol. The molecule has 3 nitrogen and oxygen atoms in total. The number of ether oxygens (including phenoxy) is 1. The summed E-state index contributed by atoms with van der Waals surface area (Å²) in [4.78, 5) is 11.9. The van der Waals surface area contributed by atoms with Crippen molar-refractivity contribution >= 4 is 5.97 Å². The molecule has 1 fully saturated rings. The molecule has 1 aliphatic rings. The maximum absolute atomic E-state index is 11.9. The third-order valence-electron chi connectivity index (χ3n) is 2.90. The zero-order chi connectivity index (χ0) is 11.1. The molecule has 0 radical (unpaired) electrons. The Bertz CT molecular complexity index is 249. The van der Waals surface area contributed by atoms with Crippen molar-refractivity contribution in [3.8, 4) is 12.3 Å². The highest BCUT2D eigenvalue weighted by atomic mass is 16.5. The molecule has 1 N–H and O–H groups in total. The van der Waals surface area contributed by atoms with Crippen molar-refractivity contribution in [1.82, 2.24) is 5.32 Å². The quantitative estimate of drug-likeness (QED) is 0.563. The Morgan fingerprint density at radius 3 is 2.67 bits per heavy atom. The van der Waals surface area contributed by atoms with Crippen LogP contribution in [0.25, 0.3) is 0 Å². The minimum atomic E-state index is -0.513. The lowest BCUT2D eigenvalue weighted by molar-refractivity contribution is -0.152. The van der Waals surface area contributed by atoms with Gasteiger partial charge in [-0.2, -0.15) is 0 Å².